The van der Waals surface area contributed by atoms with Crippen molar-refractivity contribution < 1.29 is 4.79 Å². The molecule has 7 nitrogen and oxygen atoms in total. The molecular formula is C20H24N6OS. The summed E-state index contributed by atoms with van der Waals surface area (Å²) in [6.45, 7) is 6.16. The van der Waals surface area contributed by atoms with Gasteiger partial charge in [-0.2, -0.15) is 0 Å². The topological polar surface area (TPSA) is 97.0 Å². The van der Waals surface area contributed by atoms with E-state index in [1.165, 1.54) is 0 Å². The van der Waals surface area contributed by atoms with E-state index < -0.39 is 5.54 Å². The van der Waals surface area contributed by atoms with Crippen molar-refractivity contribution >= 4 is 28.9 Å². The molecule has 0 bridgehead atoms. The van der Waals surface area contributed by atoms with Gasteiger partial charge in [0, 0.05) is 12.4 Å². The lowest BCUT2D eigenvalue weighted by atomic mass is 10.0. The summed E-state index contributed by atoms with van der Waals surface area (Å²) in [5.74, 6) is 1.11. The number of carbonyl (C=O) groups is 1. The van der Waals surface area contributed by atoms with Crippen molar-refractivity contribution in [2.75, 3.05) is 12.4 Å². The predicted molar refractivity (Wildman–Crippen MR) is 112 cm³/mol. The van der Waals surface area contributed by atoms with E-state index in [0.29, 0.717) is 6.54 Å². The molecule has 0 saturated heterocycles. The van der Waals surface area contributed by atoms with Gasteiger partial charge in [0.2, 0.25) is 5.91 Å². The Morgan fingerprint density at radius 1 is 1.25 bits per heavy atom. The zero-order chi connectivity index (χ0) is 20.3. The summed E-state index contributed by atoms with van der Waals surface area (Å²) < 4.78 is 0. The molecular weight excluding hydrogens is 372 g/mol. The molecule has 0 aliphatic rings. The van der Waals surface area contributed by atoms with Gasteiger partial charge in [-0.3, -0.25) is 9.69 Å². The molecule has 146 valence electrons. The summed E-state index contributed by atoms with van der Waals surface area (Å²) in [5, 5.41) is 4.12. The molecule has 3 aromatic rings. The molecule has 0 radical (unpaired) electrons. The molecule has 0 aliphatic carbocycles. The van der Waals surface area contributed by atoms with Crippen LogP contribution in [0.25, 0.3) is 10.6 Å². The van der Waals surface area contributed by atoms with Gasteiger partial charge in [0.05, 0.1) is 22.7 Å². The van der Waals surface area contributed by atoms with Gasteiger partial charge in [0.15, 0.2) is 0 Å². The molecule has 3 heterocycles. The van der Waals surface area contributed by atoms with E-state index in [1.54, 1.807) is 31.4 Å². The summed E-state index contributed by atoms with van der Waals surface area (Å²) in [7, 11) is 1.86. The quantitative estimate of drug-likeness (QED) is 0.636. The number of aromatic nitrogens is 3. The fraction of sp³-hybridized carbons (Fsp3) is 0.300. The van der Waals surface area contributed by atoms with Crippen LogP contribution in [0.2, 0.25) is 0 Å². The fourth-order valence-electron chi connectivity index (χ4n) is 2.47. The lowest BCUT2D eigenvalue weighted by Crippen LogP contribution is -2.51. The number of nitrogens with one attached hydrogen (secondary N) is 1. The van der Waals surface area contributed by atoms with E-state index in [-0.39, 0.29) is 5.91 Å². The SMILES string of the molecule is Cc1ccnc(Nc2cccc(-c3cnc(CN(C)C(C)(C)C(N)=O)s3)n2)c1. The molecule has 8 heteroatoms. The van der Waals surface area contributed by atoms with Gasteiger partial charge in [-0.05, 0) is 57.6 Å². The largest absolute Gasteiger partial charge is 0.368 e. The van der Waals surface area contributed by atoms with Gasteiger partial charge >= 0.3 is 0 Å². The van der Waals surface area contributed by atoms with Crippen molar-refractivity contribution in [1.29, 1.82) is 0 Å². The van der Waals surface area contributed by atoms with Gasteiger partial charge in [-0.15, -0.1) is 11.3 Å². The zero-order valence-electron chi connectivity index (χ0n) is 16.4. The third-order valence-electron chi connectivity index (χ3n) is 4.66. The standard InChI is InChI=1S/C20H24N6OS/c1-13-8-9-22-17(10-13)25-16-7-5-6-14(24-16)15-11-23-18(28-15)12-26(4)20(2,3)19(21)27/h5-11H,12H2,1-4H3,(H2,21,27)(H,22,24,25). The molecule has 0 aliphatic heterocycles. The Morgan fingerprint density at radius 3 is 2.75 bits per heavy atom. The average Bonchev–Trinajstić information content (AvgIpc) is 3.10. The molecule has 0 fully saturated rings. The second-order valence-electron chi connectivity index (χ2n) is 7.15. The van der Waals surface area contributed by atoms with E-state index in [9.17, 15) is 4.79 Å². The van der Waals surface area contributed by atoms with Gasteiger partial charge < -0.3 is 11.1 Å². The normalized spacial score (nSPS) is 11.6. The highest BCUT2D eigenvalue weighted by Gasteiger charge is 2.30. The molecule has 0 spiro atoms. The van der Waals surface area contributed by atoms with Gasteiger partial charge in [0.1, 0.15) is 16.6 Å². The maximum absolute atomic E-state index is 11.6. The second kappa shape index (κ2) is 8.04. The van der Waals surface area contributed by atoms with Crippen molar-refractivity contribution in [2.45, 2.75) is 32.9 Å². The highest BCUT2D eigenvalue weighted by Crippen LogP contribution is 2.27. The van der Waals surface area contributed by atoms with E-state index in [1.807, 2.05) is 55.4 Å². The van der Waals surface area contributed by atoms with Crippen molar-refractivity contribution in [3.8, 4) is 10.6 Å². The highest BCUT2D eigenvalue weighted by atomic mass is 32.1. The molecule has 3 rings (SSSR count). The second-order valence-corrected chi connectivity index (χ2v) is 8.26. The first kappa shape index (κ1) is 19.9. The number of hydrogen-bond donors (Lipinski definition) is 2. The highest BCUT2D eigenvalue weighted by molar-refractivity contribution is 7.15. The monoisotopic (exact) mass is 396 g/mol. The smallest absolute Gasteiger partial charge is 0.237 e. The summed E-state index contributed by atoms with van der Waals surface area (Å²) in [4.78, 5) is 27.9. The zero-order valence-corrected chi connectivity index (χ0v) is 17.2. The maximum Gasteiger partial charge on any atom is 0.237 e. The van der Waals surface area contributed by atoms with Gasteiger partial charge in [0.25, 0.3) is 0 Å². The Morgan fingerprint density at radius 2 is 2.04 bits per heavy atom. The third-order valence-corrected chi connectivity index (χ3v) is 5.66. The third kappa shape index (κ3) is 4.52. The van der Waals surface area contributed by atoms with Crippen LogP contribution in [-0.2, 0) is 11.3 Å². The molecule has 0 unspecified atom stereocenters. The van der Waals surface area contributed by atoms with Crippen LogP contribution >= 0.6 is 11.3 Å². The number of aryl methyl sites for hydroxylation is 1. The fourth-order valence-corrected chi connectivity index (χ4v) is 3.41. The summed E-state index contributed by atoms with van der Waals surface area (Å²) in [5.41, 5.74) is 6.71. The van der Waals surface area contributed by atoms with Crippen molar-refractivity contribution in [3.05, 3.63) is 53.3 Å². The molecule has 0 saturated carbocycles. The van der Waals surface area contributed by atoms with E-state index in [2.05, 4.69) is 20.3 Å². The number of carbonyl (C=O) groups excluding carboxylic acids is 1. The van der Waals surface area contributed by atoms with Crippen molar-refractivity contribution in [1.82, 2.24) is 19.9 Å². The van der Waals surface area contributed by atoms with Crippen LogP contribution in [0.5, 0.6) is 0 Å². The first-order chi connectivity index (χ1) is 13.3. The lowest BCUT2D eigenvalue weighted by molar-refractivity contribution is -0.127. The summed E-state index contributed by atoms with van der Waals surface area (Å²) in [6.07, 6.45) is 3.57. The first-order valence-corrected chi connectivity index (χ1v) is 9.70. The van der Waals surface area contributed by atoms with Crippen LogP contribution < -0.4 is 11.1 Å². The molecule has 28 heavy (non-hydrogen) atoms. The summed E-state index contributed by atoms with van der Waals surface area (Å²) in [6, 6.07) is 9.71. The minimum Gasteiger partial charge on any atom is -0.368 e. The number of thiazole rings is 1. The first-order valence-electron chi connectivity index (χ1n) is 8.88. The molecule has 1 amide bonds. The number of anilines is 2. The molecule has 3 N–H and O–H groups in total. The minimum absolute atomic E-state index is 0.364. The van der Waals surface area contributed by atoms with E-state index >= 15 is 0 Å². The number of amides is 1. The Balaban J connectivity index is 1.75. The number of likely N-dealkylation sites (N-methyl/N-ethyl adjacent to an activating group) is 1. The van der Waals surface area contributed by atoms with Crippen molar-refractivity contribution in [2.24, 2.45) is 5.73 Å². The van der Waals surface area contributed by atoms with Crippen molar-refractivity contribution in [3.63, 3.8) is 0 Å². The van der Waals surface area contributed by atoms with E-state index in [4.69, 9.17) is 5.73 Å². The number of rotatable bonds is 7. The van der Waals surface area contributed by atoms with Gasteiger partial charge in [-0.25, -0.2) is 15.0 Å². The van der Waals surface area contributed by atoms with Crippen LogP contribution in [-0.4, -0.2) is 38.3 Å². The Kier molecular flexibility index (Phi) is 5.71. The molecule has 3 aromatic heterocycles. The maximum atomic E-state index is 11.6. The van der Waals surface area contributed by atoms with Crippen LogP contribution in [0.1, 0.15) is 24.4 Å². The Bertz CT molecular complexity index is 984. The Hall–Kier alpha value is -2.84. The van der Waals surface area contributed by atoms with Gasteiger partial charge in [-0.1, -0.05) is 6.07 Å². The number of nitrogens with two attached hydrogens (primary N) is 1. The Labute approximate surface area is 168 Å². The molecule has 0 aromatic carbocycles. The minimum atomic E-state index is -0.741. The average molecular weight is 397 g/mol. The van der Waals surface area contributed by atoms with Crippen LogP contribution in [0.4, 0.5) is 11.6 Å². The van der Waals surface area contributed by atoms with Crippen LogP contribution in [0.3, 0.4) is 0 Å². The number of hydrogen-bond acceptors (Lipinski definition) is 7. The van der Waals surface area contributed by atoms with Crippen LogP contribution in [0, 0.1) is 6.92 Å². The number of nitrogens with zero attached hydrogens (tertiary/aromatic N) is 4. The number of pyridine rings is 2. The van der Waals surface area contributed by atoms with E-state index in [0.717, 1.165) is 32.8 Å². The predicted octanol–water partition coefficient (Wildman–Crippen LogP) is 3.35. The van der Waals surface area contributed by atoms with Crippen LogP contribution in [0.15, 0.2) is 42.7 Å². The molecule has 0 atom stereocenters. The summed E-state index contributed by atoms with van der Waals surface area (Å²) >= 11 is 1.55. The lowest BCUT2D eigenvalue weighted by Gasteiger charge is -2.31. The number of primary amides is 1.